The van der Waals surface area contributed by atoms with Gasteiger partial charge in [0.15, 0.2) is 11.6 Å². The normalized spacial score (nSPS) is 10.2. The van der Waals surface area contributed by atoms with Gasteiger partial charge in [-0.1, -0.05) is 17.7 Å². The molecular formula is C14H11ClF2N2O. The van der Waals surface area contributed by atoms with E-state index in [-0.39, 0.29) is 18.1 Å². The van der Waals surface area contributed by atoms with Gasteiger partial charge in [0, 0.05) is 10.7 Å². The highest BCUT2D eigenvalue weighted by Crippen LogP contribution is 2.16. The Morgan fingerprint density at radius 2 is 1.80 bits per heavy atom. The van der Waals surface area contributed by atoms with Crippen LogP contribution in [0.2, 0.25) is 5.02 Å². The SMILES string of the molecule is O=C(CNc1cccc(F)c1F)Nc1ccc(Cl)cc1. The molecule has 0 radical (unpaired) electrons. The number of benzene rings is 2. The lowest BCUT2D eigenvalue weighted by Crippen LogP contribution is -2.22. The van der Waals surface area contributed by atoms with Crippen molar-refractivity contribution in [2.24, 2.45) is 0 Å². The average molecular weight is 297 g/mol. The smallest absolute Gasteiger partial charge is 0.243 e. The van der Waals surface area contributed by atoms with Crippen molar-refractivity contribution in [3.63, 3.8) is 0 Å². The van der Waals surface area contributed by atoms with E-state index in [1.165, 1.54) is 12.1 Å². The van der Waals surface area contributed by atoms with Crippen LogP contribution in [0.3, 0.4) is 0 Å². The summed E-state index contributed by atoms with van der Waals surface area (Å²) in [6.07, 6.45) is 0. The Bertz CT molecular complexity index is 617. The molecule has 0 aliphatic rings. The van der Waals surface area contributed by atoms with Crippen molar-refractivity contribution in [1.29, 1.82) is 0 Å². The molecular weight excluding hydrogens is 286 g/mol. The van der Waals surface area contributed by atoms with Crippen molar-refractivity contribution >= 4 is 28.9 Å². The van der Waals surface area contributed by atoms with Crippen LogP contribution in [0.1, 0.15) is 0 Å². The average Bonchev–Trinajstić information content (AvgIpc) is 2.43. The Morgan fingerprint density at radius 3 is 2.50 bits per heavy atom. The first kappa shape index (κ1) is 14.3. The fraction of sp³-hybridized carbons (Fsp3) is 0.0714. The second-order valence-electron chi connectivity index (χ2n) is 4.01. The van der Waals surface area contributed by atoms with Crippen molar-refractivity contribution in [1.82, 2.24) is 0 Å². The Morgan fingerprint density at radius 1 is 1.10 bits per heavy atom. The third kappa shape index (κ3) is 3.68. The number of amides is 1. The minimum absolute atomic E-state index is 0.0590. The van der Waals surface area contributed by atoms with Gasteiger partial charge in [0.1, 0.15) is 0 Å². The van der Waals surface area contributed by atoms with Crippen molar-refractivity contribution in [3.05, 3.63) is 59.1 Å². The Balaban J connectivity index is 1.92. The lowest BCUT2D eigenvalue weighted by atomic mass is 10.3. The third-order valence-corrected chi connectivity index (χ3v) is 2.77. The molecule has 6 heteroatoms. The molecule has 0 aliphatic carbocycles. The molecule has 0 saturated carbocycles. The molecule has 0 fully saturated rings. The van der Waals surface area contributed by atoms with Crippen LogP contribution < -0.4 is 10.6 Å². The van der Waals surface area contributed by atoms with Crippen LogP contribution in [-0.2, 0) is 4.79 Å². The number of hydrogen-bond donors (Lipinski definition) is 2. The van der Waals surface area contributed by atoms with Gasteiger partial charge in [-0.15, -0.1) is 0 Å². The largest absolute Gasteiger partial charge is 0.374 e. The van der Waals surface area contributed by atoms with E-state index in [0.717, 1.165) is 6.07 Å². The first-order valence-corrected chi connectivity index (χ1v) is 6.17. The molecule has 3 nitrogen and oxygen atoms in total. The van der Waals surface area contributed by atoms with Crippen LogP contribution >= 0.6 is 11.6 Å². The maximum absolute atomic E-state index is 13.3. The van der Waals surface area contributed by atoms with E-state index in [1.807, 2.05) is 0 Å². The van der Waals surface area contributed by atoms with E-state index in [1.54, 1.807) is 24.3 Å². The van der Waals surface area contributed by atoms with Gasteiger partial charge in [-0.2, -0.15) is 0 Å². The number of nitrogens with one attached hydrogen (secondary N) is 2. The predicted molar refractivity (Wildman–Crippen MR) is 74.9 cm³/mol. The summed E-state index contributed by atoms with van der Waals surface area (Å²) in [6, 6.07) is 10.3. The summed E-state index contributed by atoms with van der Waals surface area (Å²) in [4.78, 5) is 11.6. The molecule has 0 saturated heterocycles. The van der Waals surface area contributed by atoms with E-state index < -0.39 is 11.6 Å². The molecule has 0 atom stereocenters. The number of halogens is 3. The molecule has 0 bridgehead atoms. The lowest BCUT2D eigenvalue weighted by Gasteiger charge is -2.09. The molecule has 2 aromatic carbocycles. The molecule has 2 rings (SSSR count). The zero-order valence-electron chi connectivity index (χ0n) is 10.3. The van der Waals surface area contributed by atoms with Crippen LogP contribution in [0, 0.1) is 11.6 Å². The molecule has 104 valence electrons. The van der Waals surface area contributed by atoms with E-state index in [0.29, 0.717) is 10.7 Å². The van der Waals surface area contributed by atoms with Gasteiger partial charge in [0.05, 0.1) is 12.2 Å². The number of rotatable bonds is 4. The standard InChI is InChI=1S/C14H11ClF2N2O/c15-9-4-6-10(7-5-9)19-13(20)8-18-12-3-1-2-11(16)14(12)17/h1-7,18H,8H2,(H,19,20). The minimum Gasteiger partial charge on any atom is -0.374 e. The Hall–Kier alpha value is -2.14. The maximum Gasteiger partial charge on any atom is 0.243 e. The first-order chi connectivity index (χ1) is 9.56. The molecule has 0 heterocycles. The van der Waals surface area contributed by atoms with Gasteiger partial charge >= 0.3 is 0 Å². The van der Waals surface area contributed by atoms with Crippen LogP contribution in [0.15, 0.2) is 42.5 Å². The fourth-order valence-corrected chi connectivity index (χ4v) is 1.68. The maximum atomic E-state index is 13.3. The van der Waals surface area contributed by atoms with Crippen LogP contribution in [0.25, 0.3) is 0 Å². The van der Waals surface area contributed by atoms with Crippen molar-refractivity contribution in [2.75, 3.05) is 17.2 Å². The number of carbonyl (C=O) groups excluding carboxylic acids is 1. The van der Waals surface area contributed by atoms with E-state index in [4.69, 9.17) is 11.6 Å². The highest BCUT2D eigenvalue weighted by molar-refractivity contribution is 6.30. The summed E-state index contributed by atoms with van der Waals surface area (Å²) in [7, 11) is 0. The molecule has 2 aromatic rings. The van der Waals surface area contributed by atoms with Crippen molar-refractivity contribution < 1.29 is 13.6 Å². The molecule has 20 heavy (non-hydrogen) atoms. The van der Waals surface area contributed by atoms with Crippen LogP contribution in [-0.4, -0.2) is 12.5 Å². The summed E-state index contributed by atoms with van der Waals surface area (Å²) in [5.41, 5.74) is 0.511. The molecule has 1 amide bonds. The summed E-state index contributed by atoms with van der Waals surface area (Å²) >= 11 is 5.72. The molecule has 0 aliphatic heterocycles. The van der Waals surface area contributed by atoms with E-state index in [2.05, 4.69) is 10.6 Å². The summed E-state index contributed by atoms with van der Waals surface area (Å²) in [5, 5.41) is 5.69. The van der Waals surface area contributed by atoms with Gasteiger partial charge in [0.2, 0.25) is 5.91 Å². The van der Waals surface area contributed by atoms with Gasteiger partial charge in [0.25, 0.3) is 0 Å². The quantitative estimate of drug-likeness (QED) is 0.904. The summed E-state index contributed by atoms with van der Waals surface area (Å²) in [5.74, 6) is -2.35. The minimum atomic E-state index is -1.01. The Labute approximate surface area is 119 Å². The number of anilines is 2. The van der Waals surface area contributed by atoms with Crippen LogP contribution in [0.5, 0.6) is 0 Å². The van der Waals surface area contributed by atoms with E-state index >= 15 is 0 Å². The second-order valence-corrected chi connectivity index (χ2v) is 4.45. The highest BCUT2D eigenvalue weighted by atomic mass is 35.5. The third-order valence-electron chi connectivity index (χ3n) is 2.52. The summed E-state index contributed by atoms with van der Waals surface area (Å²) < 4.78 is 26.3. The van der Waals surface area contributed by atoms with Crippen molar-refractivity contribution in [3.8, 4) is 0 Å². The zero-order chi connectivity index (χ0) is 14.5. The predicted octanol–water partition coefficient (Wildman–Crippen LogP) is 3.67. The fourth-order valence-electron chi connectivity index (χ4n) is 1.55. The Kier molecular flexibility index (Phi) is 4.53. The molecule has 2 N–H and O–H groups in total. The van der Waals surface area contributed by atoms with Gasteiger partial charge in [-0.3, -0.25) is 4.79 Å². The lowest BCUT2D eigenvalue weighted by molar-refractivity contribution is -0.114. The van der Waals surface area contributed by atoms with E-state index in [9.17, 15) is 13.6 Å². The summed E-state index contributed by atoms with van der Waals surface area (Å²) in [6.45, 7) is -0.178. The number of hydrogen-bond acceptors (Lipinski definition) is 2. The number of carbonyl (C=O) groups is 1. The van der Waals surface area contributed by atoms with Gasteiger partial charge in [-0.25, -0.2) is 8.78 Å². The molecule has 0 spiro atoms. The topological polar surface area (TPSA) is 41.1 Å². The van der Waals surface area contributed by atoms with Crippen molar-refractivity contribution in [2.45, 2.75) is 0 Å². The highest BCUT2D eigenvalue weighted by Gasteiger charge is 2.08. The second kappa shape index (κ2) is 6.34. The van der Waals surface area contributed by atoms with Gasteiger partial charge < -0.3 is 10.6 Å². The molecule has 0 aromatic heterocycles. The molecule has 0 unspecified atom stereocenters. The first-order valence-electron chi connectivity index (χ1n) is 5.79. The van der Waals surface area contributed by atoms with Gasteiger partial charge in [-0.05, 0) is 36.4 Å². The van der Waals surface area contributed by atoms with Crippen LogP contribution in [0.4, 0.5) is 20.2 Å². The zero-order valence-corrected chi connectivity index (χ0v) is 11.0. The monoisotopic (exact) mass is 296 g/mol.